The van der Waals surface area contributed by atoms with Gasteiger partial charge in [0.05, 0.1) is 35.6 Å². The SMILES string of the molecule is O=C([O-])CN(C(=O)C#Cc1ccc2nccnc2c1)C(Cc1ccc(-c2ccccc2)cc1)C(=O)[O-].[Na+].[Na+]. The van der Waals surface area contributed by atoms with Crippen LogP contribution in [0.1, 0.15) is 11.1 Å². The maximum absolute atomic E-state index is 12.8. The first kappa shape index (κ1) is 31.2. The van der Waals surface area contributed by atoms with Crippen LogP contribution in [-0.2, 0) is 20.8 Å². The van der Waals surface area contributed by atoms with Gasteiger partial charge in [0, 0.05) is 23.9 Å². The summed E-state index contributed by atoms with van der Waals surface area (Å²) in [5.41, 5.74) is 4.15. The normalized spacial score (nSPS) is 10.6. The summed E-state index contributed by atoms with van der Waals surface area (Å²) in [6.45, 7) is -0.947. The van der Waals surface area contributed by atoms with Crippen molar-refractivity contribution in [1.29, 1.82) is 0 Å². The Kier molecular flexibility index (Phi) is 12.1. The molecule has 0 spiro atoms. The smallest absolute Gasteiger partial charge is 0.548 e. The molecule has 0 N–H and O–H groups in total. The molecular formula is C28H19N3Na2O5. The van der Waals surface area contributed by atoms with Crippen molar-refractivity contribution < 1.29 is 83.7 Å². The summed E-state index contributed by atoms with van der Waals surface area (Å²) in [5.74, 6) is 0.775. The van der Waals surface area contributed by atoms with Crippen molar-refractivity contribution in [3.8, 4) is 23.0 Å². The van der Waals surface area contributed by atoms with E-state index in [2.05, 4.69) is 21.8 Å². The molecule has 178 valence electrons. The van der Waals surface area contributed by atoms with Gasteiger partial charge in [0.2, 0.25) is 0 Å². The molecule has 0 radical (unpaired) electrons. The van der Waals surface area contributed by atoms with E-state index in [0.717, 1.165) is 11.1 Å². The van der Waals surface area contributed by atoms with Crippen molar-refractivity contribution in [2.24, 2.45) is 0 Å². The standard InChI is InChI=1S/C28H21N3O5.2Na/c32-26(13-9-19-8-12-23-24(16-19)30-15-14-29-23)31(18-27(33)34)25(28(35)36)17-20-6-10-22(11-7-20)21-4-2-1-3-5-21;;/h1-8,10-12,14-16,25H,17-18H2,(H,33,34)(H,35,36);;/q;2*+1/p-2. The minimum absolute atomic E-state index is 0. The van der Waals surface area contributed by atoms with Crippen molar-refractivity contribution in [3.05, 3.63) is 96.3 Å². The molecule has 38 heavy (non-hydrogen) atoms. The van der Waals surface area contributed by atoms with Gasteiger partial charge >= 0.3 is 59.1 Å². The minimum atomic E-state index is -1.61. The number of rotatable bonds is 7. The minimum Gasteiger partial charge on any atom is -0.548 e. The molecule has 10 heteroatoms. The van der Waals surface area contributed by atoms with Gasteiger partial charge in [0.1, 0.15) is 0 Å². The molecule has 1 heterocycles. The molecule has 0 fully saturated rings. The summed E-state index contributed by atoms with van der Waals surface area (Å²) in [4.78, 5) is 45.1. The van der Waals surface area contributed by atoms with Crippen LogP contribution in [0.15, 0.2) is 85.2 Å². The monoisotopic (exact) mass is 523 g/mol. The summed E-state index contributed by atoms with van der Waals surface area (Å²) in [6, 6.07) is 20.1. The van der Waals surface area contributed by atoms with Gasteiger partial charge in [-0.25, -0.2) is 0 Å². The van der Waals surface area contributed by atoms with Gasteiger partial charge in [-0.05, 0) is 41.3 Å². The molecular weight excluding hydrogens is 504 g/mol. The number of fused-ring (bicyclic) bond motifs is 1. The molecule has 0 aliphatic heterocycles. The van der Waals surface area contributed by atoms with Gasteiger partial charge in [0.25, 0.3) is 5.91 Å². The summed E-state index contributed by atoms with van der Waals surface area (Å²) in [6.07, 6.45) is 2.90. The predicted molar refractivity (Wildman–Crippen MR) is 128 cm³/mol. The van der Waals surface area contributed by atoms with Crippen molar-refractivity contribution in [2.45, 2.75) is 12.5 Å². The maximum Gasteiger partial charge on any atom is 1.00 e. The van der Waals surface area contributed by atoms with Crippen LogP contribution in [0.25, 0.3) is 22.2 Å². The molecule has 0 aliphatic rings. The van der Waals surface area contributed by atoms with Gasteiger partial charge < -0.3 is 24.7 Å². The number of hydrogen-bond donors (Lipinski definition) is 0. The number of carbonyl (C=O) groups excluding carboxylic acids is 3. The summed E-state index contributed by atoms with van der Waals surface area (Å²) >= 11 is 0. The number of aliphatic carboxylic acids is 2. The second-order valence-corrected chi connectivity index (χ2v) is 7.92. The zero-order valence-electron chi connectivity index (χ0n) is 21.0. The number of nitrogens with zero attached hydrogens (tertiary/aromatic N) is 3. The zero-order chi connectivity index (χ0) is 25.5. The third-order valence-electron chi connectivity index (χ3n) is 5.48. The third kappa shape index (κ3) is 8.23. The van der Waals surface area contributed by atoms with E-state index in [4.69, 9.17) is 0 Å². The molecule has 0 aliphatic carbocycles. The Balaban J connectivity index is 0.00000253. The van der Waals surface area contributed by atoms with Gasteiger partial charge in [-0.1, -0.05) is 60.5 Å². The Morgan fingerprint density at radius 1 is 0.816 bits per heavy atom. The largest absolute Gasteiger partial charge is 1.00 e. The quantitative estimate of drug-likeness (QED) is 0.175. The number of aromatic nitrogens is 2. The van der Waals surface area contributed by atoms with E-state index < -0.39 is 30.4 Å². The summed E-state index contributed by atoms with van der Waals surface area (Å²) < 4.78 is 0. The number of amides is 1. The van der Waals surface area contributed by atoms with E-state index in [1.165, 1.54) is 6.20 Å². The molecule has 4 aromatic rings. The van der Waals surface area contributed by atoms with E-state index in [1.54, 1.807) is 36.5 Å². The van der Waals surface area contributed by atoms with Gasteiger partial charge in [-0.2, -0.15) is 0 Å². The number of carbonyl (C=O) groups is 3. The zero-order valence-corrected chi connectivity index (χ0v) is 25.0. The van der Waals surface area contributed by atoms with Gasteiger partial charge in [0.15, 0.2) is 0 Å². The first-order valence-electron chi connectivity index (χ1n) is 11.0. The van der Waals surface area contributed by atoms with Crippen LogP contribution in [-0.4, -0.2) is 45.3 Å². The van der Waals surface area contributed by atoms with Crippen LogP contribution in [0.4, 0.5) is 0 Å². The second-order valence-electron chi connectivity index (χ2n) is 7.92. The Labute approximate surface area is 263 Å². The summed E-state index contributed by atoms with van der Waals surface area (Å²) in [7, 11) is 0. The number of benzene rings is 3. The molecule has 1 unspecified atom stereocenters. The first-order chi connectivity index (χ1) is 17.4. The molecule has 1 amide bonds. The van der Waals surface area contributed by atoms with Crippen molar-refractivity contribution >= 4 is 28.9 Å². The van der Waals surface area contributed by atoms with Gasteiger partial charge in [-0.3, -0.25) is 14.8 Å². The van der Waals surface area contributed by atoms with Crippen molar-refractivity contribution in [1.82, 2.24) is 14.9 Å². The molecule has 0 bridgehead atoms. The topological polar surface area (TPSA) is 126 Å². The number of carboxylic acids is 2. The first-order valence-corrected chi connectivity index (χ1v) is 11.0. The van der Waals surface area contributed by atoms with E-state index in [0.29, 0.717) is 27.1 Å². The molecule has 1 atom stereocenters. The molecule has 4 rings (SSSR count). The maximum atomic E-state index is 12.8. The fourth-order valence-corrected chi connectivity index (χ4v) is 3.71. The molecule has 3 aromatic carbocycles. The summed E-state index contributed by atoms with van der Waals surface area (Å²) in [5, 5.41) is 23.3. The Bertz CT molecular complexity index is 1490. The average molecular weight is 523 g/mol. The van der Waals surface area contributed by atoms with Crippen LogP contribution in [0.5, 0.6) is 0 Å². The van der Waals surface area contributed by atoms with Crippen LogP contribution in [0.3, 0.4) is 0 Å². The number of carboxylic acid groups (broad SMARTS) is 2. The van der Waals surface area contributed by atoms with E-state index in [1.807, 2.05) is 42.5 Å². The van der Waals surface area contributed by atoms with Crippen LogP contribution >= 0.6 is 0 Å². The van der Waals surface area contributed by atoms with E-state index in [-0.39, 0.29) is 65.5 Å². The number of hydrogen-bond acceptors (Lipinski definition) is 7. The molecule has 8 nitrogen and oxygen atoms in total. The van der Waals surface area contributed by atoms with Crippen molar-refractivity contribution in [3.63, 3.8) is 0 Å². The Hall–Kier alpha value is -3.03. The average Bonchev–Trinajstić information content (AvgIpc) is 2.89. The van der Waals surface area contributed by atoms with E-state index in [9.17, 15) is 24.6 Å². The third-order valence-corrected chi connectivity index (χ3v) is 5.48. The molecule has 1 aromatic heterocycles. The van der Waals surface area contributed by atoms with Gasteiger partial charge in [-0.15, -0.1) is 0 Å². The van der Waals surface area contributed by atoms with Crippen LogP contribution in [0, 0.1) is 11.8 Å². The Morgan fingerprint density at radius 2 is 1.45 bits per heavy atom. The molecule has 0 saturated heterocycles. The fraction of sp³-hybridized carbons (Fsp3) is 0.107. The second kappa shape index (κ2) is 14.8. The fourth-order valence-electron chi connectivity index (χ4n) is 3.71. The van der Waals surface area contributed by atoms with Crippen molar-refractivity contribution in [2.75, 3.05) is 6.54 Å². The van der Waals surface area contributed by atoms with Crippen LogP contribution in [0.2, 0.25) is 0 Å². The Morgan fingerprint density at radius 3 is 2.08 bits per heavy atom. The van der Waals surface area contributed by atoms with E-state index >= 15 is 0 Å². The predicted octanol–water partition coefficient (Wildman–Crippen LogP) is -5.40. The van der Waals surface area contributed by atoms with Crippen LogP contribution < -0.4 is 69.3 Å². The molecule has 0 saturated carbocycles.